The van der Waals surface area contributed by atoms with Crippen LogP contribution in [0.3, 0.4) is 0 Å². The van der Waals surface area contributed by atoms with Crippen molar-refractivity contribution in [1.29, 1.82) is 0 Å². The molecule has 0 spiro atoms. The zero-order valence-corrected chi connectivity index (χ0v) is 28.1. The third-order valence-corrected chi connectivity index (χ3v) is 6.85. The van der Waals surface area contributed by atoms with Crippen molar-refractivity contribution in [1.82, 2.24) is 10.3 Å². The molecule has 0 aliphatic carbocycles. The number of carbonyl (C=O) groups is 2. The van der Waals surface area contributed by atoms with Gasteiger partial charge in [-0.05, 0) is 107 Å². The van der Waals surface area contributed by atoms with Crippen LogP contribution in [-0.2, 0) is 27.3 Å². The maximum absolute atomic E-state index is 16.2. The number of pyridine rings is 1. The summed E-state index contributed by atoms with van der Waals surface area (Å²) < 4.78 is 33.3. The first-order valence-electron chi connectivity index (χ1n) is 15.6. The topological polar surface area (TPSA) is 86.8 Å². The number of nitrogens with one attached hydrogen (secondary N) is 1. The second-order valence-corrected chi connectivity index (χ2v) is 13.3. The Hall–Kier alpha value is -4.98. The Labute approximate surface area is 276 Å². The van der Waals surface area contributed by atoms with Crippen molar-refractivity contribution in [2.45, 2.75) is 78.7 Å². The quantitative estimate of drug-likeness (QED) is 0.174. The zero-order valence-electron chi connectivity index (χ0n) is 28.1. The molecule has 47 heavy (non-hydrogen) atoms. The third kappa shape index (κ3) is 10.8. The van der Waals surface area contributed by atoms with Crippen molar-refractivity contribution >= 4 is 24.2 Å². The van der Waals surface area contributed by atoms with Crippen LogP contribution in [0.2, 0.25) is 0 Å². The number of aromatic nitrogens is 1. The van der Waals surface area contributed by atoms with E-state index in [4.69, 9.17) is 14.2 Å². The molecule has 246 valence electrons. The van der Waals surface area contributed by atoms with Crippen LogP contribution in [0, 0.1) is 5.82 Å². The summed E-state index contributed by atoms with van der Waals surface area (Å²) in [5, 5.41) is 2.73. The number of amides is 1. The Balaban J connectivity index is 1.65. The van der Waals surface area contributed by atoms with Gasteiger partial charge in [-0.1, -0.05) is 48.6 Å². The molecular weight excluding hydrogens is 595 g/mol. The van der Waals surface area contributed by atoms with Crippen LogP contribution in [0.4, 0.5) is 9.18 Å². The van der Waals surface area contributed by atoms with Crippen molar-refractivity contribution in [2.75, 3.05) is 0 Å². The fourth-order valence-corrected chi connectivity index (χ4v) is 4.87. The average molecular weight is 639 g/mol. The molecule has 7 nitrogen and oxygen atoms in total. The number of carbonyl (C=O) groups excluding carboxylic acids is 2. The second-order valence-electron chi connectivity index (χ2n) is 13.3. The number of hydrogen-bond acceptors (Lipinski definition) is 6. The van der Waals surface area contributed by atoms with Crippen LogP contribution < -0.4 is 10.1 Å². The van der Waals surface area contributed by atoms with Gasteiger partial charge in [0.15, 0.2) is 0 Å². The normalized spacial score (nSPS) is 12.4. The van der Waals surface area contributed by atoms with Crippen LogP contribution in [0.5, 0.6) is 5.75 Å². The minimum atomic E-state index is -0.677. The van der Waals surface area contributed by atoms with E-state index in [1.54, 1.807) is 58.3 Å². The first-order chi connectivity index (χ1) is 22.2. The summed E-state index contributed by atoms with van der Waals surface area (Å²) in [6, 6.07) is 21.4. The monoisotopic (exact) mass is 638 g/mol. The molecule has 0 aliphatic heterocycles. The van der Waals surface area contributed by atoms with Crippen molar-refractivity contribution in [3.63, 3.8) is 0 Å². The molecule has 0 unspecified atom stereocenters. The number of alkyl carbamates (subject to hydrolysis) is 1. The lowest BCUT2D eigenvalue weighted by Gasteiger charge is -2.22. The first-order valence-corrected chi connectivity index (χ1v) is 15.6. The SMILES string of the molecule is C[C@H](NC(=O)OC(C)(C)C)c1cccc(-c2cc(/C=C/c3ccncc3)cc(COc3ccccc3CC(=O)OC(C)(C)C)c2)c1F. The lowest BCUT2D eigenvalue weighted by Crippen LogP contribution is -2.34. The second kappa shape index (κ2) is 15.1. The predicted molar refractivity (Wildman–Crippen MR) is 183 cm³/mol. The van der Waals surface area contributed by atoms with Gasteiger partial charge in [-0.15, -0.1) is 0 Å². The molecule has 1 aromatic heterocycles. The van der Waals surface area contributed by atoms with Crippen LogP contribution >= 0.6 is 0 Å². The molecule has 1 N–H and O–H groups in total. The number of hydrogen-bond donors (Lipinski definition) is 1. The van der Waals surface area contributed by atoms with E-state index in [2.05, 4.69) is 10.3 Å². The van der Waals surface area contributed by atoms with E-state index in [-0.39, 0.29) is 19.0 Å². The molecule has 0 saturated heterocycles. The molecule has 0 aliphatic rings. The Bertz CT molecular complexity index is 1720. The molecule has 0 bridgehead atoms. The fraction of sp³-hybridized carbons (Fsp3) is 0.308. The van der Waals surface area contributed by atoms with Gasteiger partial charge >= 0.3 is 12.1 Å². The highest BCUT2D eigenvalue weighted by Gasteiger charge is 2.22. The molecule has 1 amide bonds. The minimum absolute atomic E-state index is 0.0704. The molecular formula is C39H43FN2O5. The molecule has 1 atom stereocenters. The molecule has 4 rings (SSSR count). The Morgan fingerprint density at radius 3 is 2.23 bits per heavy atom. The highest BCUT2D eigenvalue weighted by molar-refractivity contribution is 5.76. The van der Waals surface area contributed by atoms with Gasteiger partial charge in [-0.2, -0.15) is 0 Å². The van der Waals surface area contributed by atoms with E-state index in [0.717, 1.165) is 16.7 Å². The number of esters is 1. The summed E-state index contributed by atoms with van der Waals surface area (Å²) in [6.07, 6.45) is 6.80. The van der Waals surface area contributed by atoms with E-state index in [1.165, 1.54) is 0 Å². The summed E-state index contributed by atoms with van der Waals surface area (Å²) in [6.45, 7) is 12.7. The van der Waals surface area contributed by atoms with Gasteiger partial charge in [0, 0.05) is 29.1 Å². The van der Waals surface area contributed by atoms with E-state index in [9.17, 15) is 9.59 Å². The van der Waals surface area contributed by atoms with Gasteiger partial charge in [0.1, 0.15) is 29.4 Å². The number of benzene rings is 3. The molecule has 0 fully saturated rings. The van der Waals surface area contributed by atoms with E-state index in [1.807, 2.05) is 87.5 Å². The lowest BCUT2D eigenvalue weighted by molar-refractivity contribution is -0.153. The molecule has 8 heteroatoms. The molecule has 4 aromatic rings. The van der Waals surface area contributed by atoms with E-state index in [0.29, 0.717) is 28.0 Å². The maximum Gasteiger partial charge on any atom is 0.408 e. The van der Waals surface area contributed by atoms with Crippen LogP contribution in [0.1, 0.15) is 82.3 Å². The van der Waals surface area contributed by atoms with Crippen molar-refractivity contribution in [3.05, 3.63) is 119 Å². The Morgan fingerprint density at radius 1 is 0.851 bits per heavy atom. The minimum Gasteiger partial charge on any atom is -0.489 e. The standard InChI is InChI=1S/C39H43FN2O5/c1-26(42-37(44)47-39(5,6)7)32-12-10-13-33(36(32)40)31-22-28(16-15-27-17-19-41-20-18-27)21-29(23-31)25-45-34-14-9-8-11-30(34)24-35(43)46-38(2,3)4/h8-23,26H,24-25H2,1-7H3,(H,42,44)/b16-15+/t26-/m0/s1. The average Bonchev–Trinajstić information content (AvgIpc) is 2.98. The largest absolute Gasteiger partial charge is 0.489 e. The summed E-state index contributed by atoms with van der Waals surface area (Å²) in [7, 11) is 0. The molecule has 0 radical (unpaired) electrons. The van der Waals surface area contributed by atoms with Gasteiger partial charge < -0.3 is 19.5 Å². The summed E-state index contributed by atoms with van der Waals surface area (Å²) >= 11 is 0. The van der Waals surface area contributed by atoms with Crippen molar-refractivity contribution in [3.8, 4) is 16.9 Å². The number of rotatable bonds is 10. The zero-order chi connectivity index (χ0) is 34.2. The number of nitrogens with zero attached hydrogens (tertiary/aromatic N) is 1. The predicted octanol–water partition coefficient (Wildman–Crippen LogP) is 9.11. The number of para-hydroxylation sites is 1. The van der Waals surface area contributed by atoms with Crippen LogP contribution in [0.15, 0.2) is 85.2 Å². The fourth-order valence-electron chi connectivity index (χ4n) is 4.87. The molecule has 0 saturated carbocycles. The first kappa shape index (κ1) is 34.9. The van der Waals surface area contributed by atoms with Gasteiger partial charge in [0.25, 0.3) is 0 Å². The smallest absolute Gasteiger partial charge is 0.408 e. The Kier molecular flexibility index (Phi) is 11.2. The highest BCUT2D eigenvalue weighted by atomic mass is 19.1. The lowest BCUT2D eigenvalue weighted by atomic mass is 9.95. The number of ether oxygens (including phenoxy) is 3. The Morgan fingerprint density at radius 2 is 1.53 bits per heavy atom. The van der Waals surface area contributed by atoms with Gasteiger partial charge in [-0.3, -0.25) is 9.78 Å². The summed E-state index contributed by atoms with van der Waals surface area (Å²) in [5.41, 5.74) is 3.40. The summed E-state index contributed by atoms with van der Waals surface area (Å²) in [4.78, 5) is 29.1. The van der Waals surface area contributed by atoms with Gasteiger partial charge in [-0.25, -0.2) is 9.18 Å². The van der Waals surface area contributed by atoms with E-state index < -0.39 is 29.2 Å². The third-order valence-electron chi connectivity index (χ3n) is 6.85. The van der Waals surface area contributed by atoms with Gasteiger partial charge in [0.2, 0.25) is 0 Å². The molecule has 3 aromatic carbocycles. The van der Waals surface area contributed by atoms with Crippen molar-refractivity contribution < 1.29 is 28.2 Å². The number of halogens is 1. The molecule has 1 heterocycles. The van der Waals surface area contributed by atoms with Gasteiger partial charge in [0.05, 0.1) is 12.5 Å². The van der Waals surface area contributed by atoms with E-state index >= 15 is 4.39 Å². The van der Waals surface area contributed by atoms with Crippen LogP contribution in [-0.4, -0.2) is 28.2 Å². The van der Waals surface area contributed by atoms with Crippen molar-refractivity contribution in [2.24, 2.45) is 0 Å². The maximum atomic E-state index is 16.2. The highest BCUT2D eigenvalue weighted by Crippen LogP contribution is 2.31. The summed E-state index contributed by atoms with van der Waals surface area (Å²) in [5.74, 6) is -0.224. The van der Waals surface area contributed by atoms with Crippen LogP contribution in [0.25, 0.3) is 23.3 Å².